The van der Waals surface area contributed by atoms with E-state index in [0.29, 0.717) is 13.1 Å². The van der Waals surface area contributed by atoms with Gasteiger partial charge in [-0.3, -0.25) is 4.79 Å². The molecule has 0 aliphatic carbocycles. The molecule has 2 heterocycles. The second-order valence-electron chi connectivity index (χ2n) is 5.16. The number of hydrogen-bond donors (Lipinski definition) is 2. The Kier molecular flexibility index (Phi) is 3.74. The molecule has 1 atom stereocenters. The van der Waals surface area contributed by atoms with E-state index in [0.717, 1.165) is 22.3 Å². The summed E-state index contributed by atoms with van der Waals surface area (Å²) in [5.41, 5.74) is 3.42. The van der Waals surface area contributed by atoms with Gasteiger partial charge in [-0.25, -0.2) is 9.78 Å². The highest BCUT2D eigenvalue weighted by atomic mass is 32.1. The van der Waals surface area contributed by atoms with Crippen molar-refractivity contribution in [1.29, 1.82) is 0 Å². The van der Waals surface area contributed by atoms with Gasteiger partial charge < -0.3 is 15.3 Å². The van der Waals surface area contributed by atoms with Crippen LogP contribution < -0.4 is 5.32 Å². The number of thiazole rings is 1. The van der Waals surface area contributed by atoms with E-state index in [4.69, 9.17) is 5.11 Å². The summed E-state index contributed by atoms with van der Waals surface area (Å²) in [5.74, 6) is -0.755. The number of carbonyl (C=O) groups is 2. The molecule has 1 unspecified atom stereocenters. The first-order valence-corrected chi connectivity index (χ1v) is 7.61. The number of hydrogen-bond acceptors (Lipinski definition) is 4. The normalized spacial score (nSPS) is 18.1. The Bertz CT molecular complexity index is 685. The van der Waals surface area contributed by atoms with E-state index in [2.05, 4.69) is 10.3 Å². The average Bonchev–Trinajstić information content (AvgIpc) is 3.06. The van der Waals surface area contributed by atoms with E-state index in [9.17, 15) is 9.59 Å². The van der Waals surface area contributed by atoms with Crippen molar-refractivity contribution in [3.8, 4) is 0 Å². The van der Waals surface area contributed by atoms with Crippen LogP contribution in [-0.4, -0.2) is 40.1 Å². The molecular weight excluding hydrogens is 290 g/mol. The number of carboxylic acids is 1. The van der Waals surface area contributed by atoms with Crippen LogP contribution in [0.2, 0.25) is 0 Å². The van der Waals surface area contributed by atoms with Crippen molar-refractivity contribution in [2.24, 2.45) is 5.92 Å². The van der Waals surface area contributed by atoms with Crippen molar-refractivity contribution in [3.63, 3.8) is 0 Å². The fourth-order valence-electron chi connectivity index (χ4n) is 2.57. The van der Waals surface area contributed by atoms with Crippen LogP contribution in [0.4, 0.5) is 10.5 Å². The number of likely N-dealkylation sites (tertiary alicyclic amines) is 1. The van der Waals surface area contributed by atoms with Crippen molar-refractivity contribution in [1.82, 2.24) is 9.88 Å². The molecule has 110 valence electrons. The monoisotopic (exact) mass is 305 g/mol. The molecule has 0 saturated carbocycles. The number of aliphatic carboxylic acids is 1. The number of benzene rings is 1. The Morgan fingerprint density at radius 3 is 3.14 bits per heavy atom. The lowest BCUT2D eigenvalue weighted by Gasteiger charge is -2.17. The van der Waals surface area contributed by atoms with E-state index in [1.165, 1.54) is 11.3 Å². The van der Waals surface area contributed by atoms with Crippen LogP contribution in [0.25, 0.3) is 10.2 Å². The number of nitrogens with one attached hydrogen (secondary N) is 1. The number of carboxylic acid groups (broad SMARTS) is 1. The summed E-state index contributed by atoms with van der Waals surface area (Å²) in [6, 6.07) is 5.42. The quantitative estimate of drug-likeness (QED) is 0.913. The summed E-state index contributed by atoms with van der Waals surface area (Å²) in [7, 11) is 0. The largest absolute Gasteiger partial charge is 0.481 e. The van der Waals surface area contributed by atoms with Gasteiger partial charge in [-0.15, -0.1) is 11.3 Å². The molecular formula is C14H15N3O3S. The van der Waals surface area contributed by atoms with Gasteiger partial charge in [0.15, 0.2) is 0 Å². The number of nitrogens with zero attached hydrogens (tertiary/aromatic N) is 2. The van der Waals surface area contributed by atoms with Gasteiger partial charge in [-0.05, 0) is 30.5 Å². The molecule has 1 aromatic heterocycles. The van der Waals surface area contributed by atoms with Crippen molar-refractivity contribution in [3.05, 3.63) is 23.7 Å². The van der Waals surface area contributed by atoms with Gasteiger partial charge in [0.1, 0.15) is 0 Å². The molecule has 0 bridgehead atoms. The average molecular weight is 305 g/mol. The Hall–Kier alpha value is -2.15. The maximum absolute atomic E-state index is 12.2. The third-order valence-electron chi connectivity index (χ3n) is 3.62. The Morgan fingerprint density at radius 1 is 1.48 bits per heavy atom. The first-order valence-electron chi connectivity index (χ1n) is 6.73. The lowest BCUT2D eigenvalue weighted by molar-refractivity contribution is -0.138. The minimum atomic E-state index is -0.807. The van der Waals surface area contributed by atoms with Gasteiger partial charge in [0.25, 0.3) is 0 Å². The zero-order chi connectivity index (χ0) is 14.8. The lowest BCUT2D eigenvalue weighted by atomic mass is 10.1. The number of rotatable bonds is 3. The maximum atomic E-state index is 12.2. The fourth-order valence-corrected chi connectivity index (χ4v) is 3.28. The Balaban J connectivity index is 1.62. The topological polar surface area (TPSA) is 82.5 Å². The van der Waals surface area contributed by atoms with Crippen LogP contribution in [-0.2, 0) is 4.79 Å². The molecule has 21 heavy (non-hydrogen) atoms. The molecule has 7 heteroatoms. The summed E-state index contributed by atoms with van der Waals surface area (Å²) in [4.78, 5) is 28.7. The van der Waals surface area contributed by atoms with Crippen molar-refractivity contribution in [2.75, 3.05) is 18.4 Å². The van der Waals surface area contributed by atoms with Crippen LogP contribution in [0.5, 0.6) is 0 Å². The van der Waals surface area contributed by atoms with Crippen LogP contribution in [0, 0.1) is 5.92 Å². The van der Waals surface area contributed by atoms with Gasteiger partial charge in [-0.2, -0.15) is 0 Å². The third-order valence-corrected chi connectivity index (χ3v) is 4.41. The van der Waals surface area contributed by atoms with Gasteiger partial charge in [0, 0.05) is 25.2 Å². The predicted octanol–water partition coefficient (Wildman–Crippen LogP) is 2.62. The SMILES string of the molecule is O=C(O)CC1CCN(C(=O)Nc2ccc3ncsc3c2)C1. The van der Waals surface area contributed by atoms with Crippen molar-refractivity contribution < 1.29 is 14.7 Å². The summed E-state index contributed by atoms with van der Waals surface area (Å²) in [6.07, 6.45) is 0.865. The van der Waals surface area contributed by atoms with E-state index < -0.39 is 5.97 Å². The highest BCUT2D eigenvalue weighted by molar-refractivity contribution is 7.16. The molecule has 2 amide bonds. The number of aromatic nitrogens is 1. The van der Waals surface area contributed by atoms with Gasteiger partial charge in [0.2, 0.25) is 0 Å². The first-order chi connectivity index (χ1) is 10.1. The van der Waals surface area contributed by atoms with Crippen molar-refractivity contribution >= 4 is 39.2 Å². The molecule has 3 rings (SSSR count). The zero-order valence-electron chi connectivity index (χ0n) is 11.3. The highest BCUT2D eigenvalue weighted by Gasteiger charge is 2.27. The Labute approximate surface area is 125 Å². The predicted molar refractivity (Wildman–Crippen MR) is 80.6 cm³/mol. The van der Waals surface area contributed by atoms with E-state index in [-0.39, 0.29) is 18.4 Å². The molecule has 2 aromatic rings. The summed E-state index contributed by atoms with van der Waals surface area (Å²) in [6.45, 7) is 1.10. The standard InChI is InChI=1S/C14H15N3O3S/c18-13(19)5-9-3-4-17(7-9)14(20)16-10-1-2-11-12(6-10)21-8-15-11/h1-2,6,8-9H,3-5,7H2,(H,16,20)(H,18,19). The first kappa shape index (κ1) is 13.8. The molecule has 6 nitrogen and oxygen atoms in total. The van der Waals surface area contributed by atoms with Crippen LogP contribution in [0.1, 0.15) is 12.8 Å². The summed E-state index contributed by atoms with van der Waals surface area (Å²) >= 11 is 1.53. The number of fused-ring (bicyclic) bond motifs is 1. The zero-order valence-corrected chi connectivity index (χ0v) is 12.1. The highest BCUT2D eigenvalue weighted by Crippen LogP contribution is 2.24. The van der Waals surface area contributed by atoms with Crippen LogP contribution in [0.3, 0.4) is 0 Å². The molecule has 0 spiro atoms. The second kappa shape index (κ2) is 5.69. The molecule has 1 aliphatic rings. The van der Waals surface area contributed by atoms with E-state index in [1.807, 2.05) is 18.2 Å². The maximum Gasteiger partial charge on any atom is 0.321 e. The minimum absolute atomic E-state index is 0.0530. The van der Waals surface area contributed by atoms with Gasteiger partial charge >= 0.3 is 12.0 Å². The van der Waals surface area contributed by atoms with Gasteiger partial charge in [0.05, 0.1) is 15.7 Å². The summed E-state index contributed by atoms with van der Waals surface area (Å²) < 4.78 is 1.03. The number of anilines is 1. The van der Waals surface area contributed by atoms with Gasteiger partial charge in [-0.1, -0.05) is 0 Å². The number of carbonyl (C=O) groups excluding carboxylic acids is 1. The molecule has 0 radical (unpaired) electrons. The van der Waals surface area contributed by atoms with Crippen LogP contribution >= 0.6 is 11.3 Å². The Morgan fingerprint density at radius 2 is 2.33 bits per heavy atom. The molecule has 2 N–H and O–H groups in total. The molecule has 1 aromatic carbocycles. The van der Waals surface area contributed by atoms with E-state index >= 15 is 0 Å². The lowest BCUT2D eigenvalue weighted by Crippen LogP contribution is -2.33. The number of urea groups is 1. The third kappa shape index (κ3) is 3.13. The van der Waals surface area contributed by atoms with Crippen molar-refractivity contribution in [2.45, 2.75) is 12.8 Å². The number of amides is 2. The molecule has 1 fully saturated rings. The molecule has 1 aliphatic heterocycles. The minimum Gasteiger partial charge on any atom is -0.481 e. The van der Waals surface area contributed by atoms with Crippen LogP contribution in [0.15, 0.2) is 23.7 Å². The smallest absolute Gasteiger partial charge is 0.321 e. The second-order valence-corrected chi connectivity index (χ2v) is 6.05. The molecule has 1 saturated heterocycles. The van der Waals surface area contributed by atoms with E-state index in [1.54, 1.807) is 10.4 Å². The fraction of sp³-hybridized carbons (Fsp3) is 0.357. The summed E-state index contributed by atoms with van der Waals surface area (Å²) in [5, 5.41) is 11.6.